The van der Waals surface area contributed by atoms with Gasteiger partial charge in [-0.15, -0.1) is 0 Å². The minimum atomic E-state index is 0.959. The molecule has 0 fully saturated rings. The van der Waals surface area contributed by atoms with Crippen LogP contribution in [-0.2, 0) is 0 Å². The fourth-order valence-corrected chi connectivity index (χ4v) is 1.08. The third-order valence-corrected chi connectivity index (χ3v) is 1.63. The highest BCUT2D eigenvalue weighted by Gasteiger charge is 1.86. The topological polar surface area (TPSA) is 25.8 Å². The maximum atomic E-state index is 4.14. The molecule has 0 unspecified atom stereocenters. The van der Waals surface area contributed by atoms with Crippen molar-refractivity contribution in [1.82, 2.24) is 9.97 Å². The highest BCUT2D eigenvalue weighted by atomic mass is 14.8. The van der Waals surface area contributed by atoms with Crippen LogP contribution in [0.25, 0.3) is 12.2 Å². The number of fused-ring (bicyclic) bond motifs is 1. The normalized spacial score (nSPS) is 12.5. The Morgan fingerprint density at radius 1 is 1.31 bits per heavy atom. The molecule has 0 aromatic carbocycles. The number of hydrogen-bond acceptors (Lipinski definition) is 2. The van der Waals surface area contributed by atoms with Crippen LogP contribution in [0.5, 0.6) is 0 Å². The Bertz CT molecular complexity index is 391. The summed E-state index contributed by atoms with van der Waals surface area (Å²) in [5.74, 6) is 0. The molecule has 0 aliphatic heterocycles. The molecule has 1 aliphatic carbocycles. The van der Waals surface area contributed by atoms with Crippen molar-refractivity contribution in [3.8, 4) is 0 Å². The predicted octanol–water partition coefficient (Wildman–Crippen LogP) is 1.02. The van der Waals surface area contributed by atoms with Crippen LogP contribution in [0.4, 0.5) is 0 Å². The Balaban J connectivity index is 0.000000396. The molecule has 2 heteroatoms. The Morgan fingerprint density at radius 2 is 2.15 bits per heavy atom. The molecule has 2 rings (SSSR count). The SMILES string of the molecule is C1=CCC=c2ncncc2=C1.CC. The summed E-state index contributed by atoms with van der Waals surface area (Å²) in [5.41, 5.74) is 0. The molecule has 1 aliphatic rings. The molecular weight excluding hydrogens is 160 g/mol. The van der Waals surface area contributed by atoms with Gasteiger partial charge in [0.05, 0.1) is 5.35 Å². The zero-order valence-electron chi connectivity index (χ0n) is 8.07. The molecule has 0 N–H and O–H groups in total. The van der Waals surface area contributed by atoms with Crippen LogP contribution in [0.1, 0.15) is 20.3 Å². The molecule has 0 atom stereocenters. The van der Waals surface area contributed by atoms with E-state index >= 15 is 0 Å². The molecule has 1 heterocycles. The van der Waals surface area contributed by atoms with Crippen LogP contribution in [0.3, 0.4) is 0 Å². The van der Waals surface area contributed by atoms with Gasteiger partial charge in [0.1, 0.15) is 6.33 Å². The number of hydrogen-bond donors (Lipinski definition) is 0. The molecule has 1 aromatic heterocycles. The van der Waals surface area contributed by atoms with Crippen molar-refractivity contribution in [2.24, 2.45) is 0 Å². The number of allylic oxidation sites excluding steroid dienone is 2. The van der Waals surface area contributed by atoms with Crippen molar-refractivity contribution in [3.05, 3.63) is 35.2 Å². The summed E-state index contributed by atoms with van der Waals surface area (Å²) in [6.07, 6.45) is 12.6. The fraction of sp³-hybridized carbons (Fsp3) is 0.273. The van der Waals surface area contributed by atoms with Gasteiger partial charge in [0.25, 0.3) is 0 Å². The molecule has 0 bridgehead atoms. The lowest BCUT2D eigenvalue weighted by Crippen LogP contribution is -2.27. The smallest absolute Gasteiger partial charge is 0.116 e. The van der Waals surface area contributed by atoms with Gasteiger partial charge in [-0.05, 0) is 6.42 Å². The maximum absolute atomic E-state index is 4.14. The number of aromatic nitrogens is 2. The van der Waals surface area contributed by atoms with Crippen molar-refractivity contribution >= 4 is 12.2 Å². The van der Waals surface area contributed by atoms with E-state index in [-0.39, 0.29) is 0 Å². The van der Waals surface area contributed by atoms with E-state index in [4.69, 9.17) is 0 Å². The molecule has 1 aromatic rings. The molecule has 2 nitrogen and oxygen atoms in total. The van der Waals surface area contributed by atoms with Crippen LogP contribution in [0, 0.1) is 0 Å². The third kappa shape index (κ3) is 2.51. The predicted molar refractivity (Wildman–Crippen MR) is 55.3 cm³/mol. The third-order valence-electron chi connectivity index (χ3n) is 1.63. The Hall–Kier alpha value is -1.44. The first-order valence-corrected chi connectivity index (χ1v) is 4.60. The van der Waals surface area contributed by atoms with Crippen molar-refractivity contribution in [2.45, 2.75) is 20.3 Å². The molecule has 0 radical (unpaired) electrons. The molecule has 0 spiro atoms. The summed E-state index contributed by atoms with van der Waals surface area (Å²) in [6, 6.07) is 0. The van der Waals surface area contributed by atoms with E-state index in [0.29, 0.717) is 0 Å². The lowest BCUT2D eigenvalue weighted by molar-refractivity contribution is 1.10. The maximum Gasteiger partial charge on any atom is 0.116 e. The van der Waals surface area contributed by atoms with Crippen LogP contribution in [0.2, 0.25) is 0 Å². The van der Waals surface area contributed by atoms with Gasteiger partial charge in [-0.1, -0.05) is 38.2 Å². The molecule has 0 saturated carbocycles. The van der Waals surface area contributed by atoms with Gasteiger partial charge < -0.3 is 0 Å². The molecule has 0 amide bonds. The average Bonchev–Trinajstić information content (AvgIpc) is 2.45. The highest BCUT2D eigenvalue weighted by Crippen LogP contribution is 1.86. The largest absolute Gasteiger partial charge is 0.244 e. The van der Waals surface area contributed by atoms with Crippen molar-refractivity contribution in [2.75, 3.05) is 0 Å². The quantitative estimate of drug-likeness (QED) is 0.587. The standard InChI is InChI=1S/C9H8N2.C2H6/c1-2-4-8-6-10-7-11-9(8)5-3-1;1-2/h1-2,4-7H,3H2;1-2H3. The second kappa shape index (κ2) is 5.25. The van der Waals surface area contributed by atoms with Gasteiger partial charge in [0.2, 0.25) is 0 Å². The Morgan fingerprint density at radius 3 is 3.00 bits per heavy atom. The van der Waals surface area contributed by atoms with Gasteiger partial charge >= 0.3 is 0 Å². The number of rotatable bonds is 0. The first-order chi connectivity index (χ1) is 6.47. The van der Waals surface area contributed by atoms with Crippen molar-refractivity contribution in [1.29, 1.82) is 0 Å². The molecule has 68 valence electrons. The lowest BCUT2D eigenvalue weighted by Gasteiger charge is -1.84. The molecule has 0 saturated heterocycles. The Labute approximate surface area is 78.4 Å². The van der Waals surface area contributed by atoms with Gasteiger partial charge in [-0.25, -0.2) is 9.97 Å². The van der Waals surface area contributed by atoms with E-state index in [1.807, 2.05) is 32.2 Å². The second-order valence-corrected chi connectivity index (χ2v) is 2.40. The molecule has 13 heavy (non-hydrogen) atoms. The minimum absolute atomic E-state index is 0.959. The van der Waals surface area contributed by atoms with Crippen molar-refractivity contribution < 1.29 is 0 Å². The van der Waals surface area contributed by atoms with Gasteiger partial charge in [0, 0.05) is 11.4 Å². The average molecular weight is 174 g/mol. The first kappa shape index (κ1) is 9.65. The second-order valence-electron chi connectivity index (χ2n) is 2.40. The van der Waals surface area contributed by atoms with E-state index in [1.165, 1.54) is 0 Å². The summed E-state index contributed by atoms with van der Waals surface area (Å²) < 4.78 is 0. The monoisotopic (exact) mass is 174 g/mol. The zero-order valence-corrected chi connectivity index (χ0v) is 8.07. The zero-order chi connectivity index (χ0) is 9.52. The van der Waals surface area contributed by atoms with Crippen LogP contribution < -0.4 is 10.6 Å². The van der Waals surface area contributed by atoms with Crippen LogP contribution >= 0.6 is 0 Å². The lowest BCUT2D eigenvalue weighted by atomic mass is 10.3. The summed E-state index contributed by atoms with van der Waals surface area (Å²) >= 11 is 0. The Kier molecular flexibility index (Phi) is 3.89. The number of nitrogens with zero attached hydrogens (tertiary/aromatic N) is 2. The summed E-state index contributed by atoms with van der Waals surface area (Å²) in [6.45, 7) is 4.00. The van der Waals surface area contributed by atoms with Crippen molar-refractivity contribution in [3.63, 3.8) is 0 Å². The van der Waals surface area contributed by atoms with E-state index in [9.17, 15) is 0 Å². The van der Waals surface area contributed by atoms with E-state index in [1.54, 1.807) is 6.33 Å². The summed E-state index contributed by atoms with van der Waals surface area (Å²) in [4.78, 5) is 8.08. The van der Waals surface area contributed by atoms with E-state index in [2.05, 4.69) is 22.1 Å². The summed E-state index contributed by atoms with van der Waals surface area (Å²) in [5, 5.41) is 2.13. The minimum Gasteiger partial charge on any atom is -0.244 e. The summed E-state index contributed by atoms with van der Waals surface area (Å²) in [7, 11) is 0. The van der Waals surface area contributed by atoms with Gasteiger partial charge in [-0.3, -0.25) is 0 Å². The van der Waals surface area contributed by atoms with Crippen LogP contribution in [0.15, 0.2) is 24.7 Å². The van der Waals surface area contributed by atoms with E-state index in [0.717, 1.165) is 17.0 Å². The van der Waals surface area contributed by atoms with E-state index < -0.39 is 0 Å². The van der Waals surface area contributed by atoms with Gasteiger partial charge in [-0.2, -0.15) is 0 Å². The molecular formula is C11H14N2. The van der Waals surface area contributed by atoms with Gasteiger partial charge in [0.15, 0.2) is 0 Å². The first-order valence-electron chi connectivity index (χ1n) is 4.60. The van der Waals surface area contributed by atoms with Crippen LogP contribution in [-0.4, -0.2) is 9.97 Å². The fourth-order valence-electron chi connectivity index (χ4n) is 1.08. The highest BCUT2D eigenvalue weighted by molar-refractivity contribution is 5.41.